The lowest BCUT2D eigenvalue weighted by atomic mass is 10.1. The molecule has 3 aromatic rings. The lowest BCUT2D eigenvalue weighted by Gasteiger charge is -2.09. The van der Waals surface area contributed by atoms with Crippen LogP contribution in [-0.2, 0) is 9.59 Å². The smallest absolute Gasteiger partial charge is 0.310 e. The van der Waals surface area contributed by atoms with Gasteiger partial charge < -0.3 is 14.6 Å². The Morgan fingerprint density at radius 1 is 1.11 bits per heavy atom. The van der Waals surface area contributed by atoms with Crippen molar-refractivity contribution in [1.29, 1.82) is 0 Å². The molecule has 27 heavy (non-hydrogen) atoms. The summed E-state index contributed by atoms with van der Waals surface area (Å²) >= 11 is 0. The second-order valence-electron chi connectivity index (χ2n) is 6.26. The number of pyridine rings is 2. The van der Waals surface area contributed by atoms with Gasteiger partial charge in [0.05, 0.1) is 37.0 Å². The third kappa shape index (κ3) is 2.97. The number of methoxy groups -OCH3 is 2. The van der Waals surface area contributed by atoms with Gasteiger partial charge in [-0.25, -0.2) is 0 Å². The summed E-state index contributed by atoms with van der Waals surface area (Å²) in [6, 6.07) is 9.23. The zero-order valence-corrected chi connectivity index (χ0v) is 14.7. The summed E-state index contributed by atoms with van der Waals surface area (Å²) in [5.41, 5.74) is 3.69. The molecule has 1 aliphatic rings. The first-order valence-corrected chi connectivity index (χ1v) is 8.29. The number of rotatable bonds is 6. The maximum atomic E-state index is 12.0. The van der Waals surface area contributed by atoms with E-state index in [0.717, 1.165) is 22.0 Å². The number of ketones is 1. The van der Waals surface area contributed by atoms with Gasteiger partial charge >= 0.3 is 5.97 Å². The van der Waals surface area contributed by atoms with Crippen LogP contribution in [0.4, 0.5) is 0 Å². The van der Waals surface area contributed by atoms with E-state index in [1.165, 1.54) is 0 Å². The monoisotopic (exact) mass is 364 g/mol. The number of fused-ring (bicyclic) bond motifs is 2. The maximum Gasteiger partial charge on any atom is 0.310 e. The van der Waals surface area contributed by atoms with Crippen LogP contribution in [0, 0.1) is 0 Å². The molecule has 0 amide bonds. The normalized spacial score (nSPS) is 14.5. The zero-order chi connectivity index (χ0) is 19.1. The molecule has 2 heterocycles. The molecule has 0 bridgehead atoms. The Kier molecular flexibility index (Phi) is 3.99. The Morgan fingerprint density at radius 3 is 2.56 bits per heavy atom. The Bertz CT molecular complexity index is 1090. The lowest BCUT2D eigenvalue weighted by molar-refractivity contribution is -0.140. The Labute approximate surface area is 154 Å². The molecule has 136 valence electrons. The first kappa shape index (κ1) is 17.0. The van der Waals surface area contributed by atoms with Crippen molar-refractivity contribution in [2.75, 3.05) is 14.2 Å². The molecule has 1 aromatic carbocycles. The zero-order valence-electron chi connectivity index (χ0n) is 14.7. The minimum atomic E-state index is -1.12. The predicted octanol–water partition coefficient (Wildman–Crippen LogP) is 2.80. The predicted molar refractivity (Wildman–Crippen MR) is 97.2 cm³/mol. The summed E-state index contributed by atoms with van der Waals surface area (Å²) in [5.74, 6) is -0.742. The largest absolute Gasteiger partial charge is 0.493 e. The van der Waals surface area contributed by atoms with Crippen LogP contribution in [0.5, 0.6) is 11.5 Å². The highest BCUT2D eigenvalue weighted by Crippen LogP contribution is 2.44. The van der Waals surface area contributed by atoms with Crippen molar-refractivity contribution in [2.24, 2.45) is 0 Å². The van der Waals surface area contributed by atoms with Gasteiger partial charge in [-0.1, -0.05) is 6.07 Å². The van der Waals surface area contributed by atoms with Crippen molar-refractivity contribution in [3.05, 3.63) is 47.8 Å². The number of ether oxygens (including phenoxy) is 2. The molecule has 1 N–H and O–H groups in total. The topological polar surface area (TPSA) is 98.6 Å². The van der Waals surface area contributed by atoms with E-state index in [0.29, 0.717) is 22.9 Å². The van der Waals surface area contributed by atoms with Crippen LogP contribution in [-0.4, -0.2) is 41.0 Å². The molecule has 0 saturated carbocycles. The lowest BCUT2D eigenvalue weighted by Crippen LogP contribution is -2.07. The summed E-state index contributed by atoms with van der Waals surface area (Å²) in [6.07, 6.45) is 1.22. The molecule has 0 saturated heterocycles. The van der Waals surface area contributed by atoms with Gasteiger partial charge in [-0.3, -0.25) is 19.6 Å². The van der Waals surface area contributed by atoms with Crippen LogP contribution >= 0.6 is 0 Å². The van der Waals surface area contributed by atoms with Gasteiger partial charge in [0, 0.05) is 23.2 Å². The van der Waals surface area contributed by atoms with Crippen molar-refractivity contribution in [3.63, 3.8) is 0 Å². The number of carboxylic acid groups (broad SMARTS) is 1. The number of carbonyl (C=O) groups is 2. The quantitative estimate of drug-likeness (QED) is 0.672. The van der Waals surface area contributed by atoms with E-state index < -0.39 is 18.3 Å². The van der Waals surface area contributed by atoms with Gasteiger partial charge in [0.1, 0.15) is 6.42 Å². The van der Waals surface area contributed by atoms with E-state index in [1.54, 1.807) is 26.5 Å². The number of hydrogen-bond donors (Lipinski definition) is 1. The highest BCUT2D eigenvalue weighted by molar-refractivity contribution is 6.04. The van der Waals surface area contributed by atoms with Crippen molar-refractivity contribution >= 4 is 22.7 Å². The second kappa shape index (κ2) is 6.35. The van der Waals surface area contributed by atoms with Crippen LogP contribution < -0.4 is 9.47 Å². The number of carboxylic acids is 1. The number of Topliss-reactive ketones (excluding diaryl/α,β-unsaturated/α-hetero) is 1. The number of benzene rings is 1. The highest BCUT2D eigenvalue weighted by Gasteiger charge is 2.41. The number of aliphatic carboxylic acids is 1. The van der Waals surface area contributed by atoms with E-state index in [1.807, 2.05) is 24.3 Å². The highest BCUT2D eigenvalue weighted by atomic mass is 16.5. The van der Waals surface area contributed by atoms with Gasteiger partial charge in [-0.15, -0.1) is 0 Å². The third-order valence-corrected chi connectivity index (χ3v) is 4.59. The summed E-state index contributed by atoms with van der Waals surface area (Å²) < 4.78 is 10.6. The molecule has 4 rings (SSSR count). The molecule has 0 spiro atoms. The average Bonchev–Trinajstić information content (AvgIpc) is 3.39. The fourth-order valence-corrected chi connectivity index (χ4v) is 3.21. The van der Waals surface area contributed by atoms with E-state index in [9.17, 15) is 9.59 Å². The first-order valence-electron chi connectivity index (χ1n) is 8.29. The summed E-state index contributed by atoms with van der Waals surface area (Å²) in [4.78, 5) is 31.7. The average molecular weight is 364 g/mol. The van der Waals surface area contributed by atoms with E-state index in [2.05, 4.69) is 9.97 Å². The van der Waals surface area contributed by atoms with Crippen LogP contribution in [0.15, 0.2) is 36.5 Å². The van der Waals surface area contributed by atoms with E-state index in [4.69, 9.17) is 14.6 Å². The van der Waals surface area contributed by atoms with Gasteiger partial charge in [-0.2, -0.15) is 0 Å². The Morgan fingerprint density at radius 2 is 1.85 bits per heavy atom. The fourth-order valence-electron chi connectivity index (χ4n) is 3.21. The minimum absolute atomic E-state index is 0.337. The molecule has 1 atom stereocenters. The molecule has 0 aliphatic heterocycles. The molecule has 1 aliphatic carbocycles. The van der Waals surface area contributed by atoms with Gasteiger partial charge in [0.15, 0.2) is 17.3 Å². The second-order valence-corrected chi connectivity index (χ2v) is 6.26. The summed E-state index contributed by atoms with van der Waals surface area (Å²) in [5, 5.41) is 9.65. The Balaban J connectivity index is 1.67. The van der Waals surface area contributed by atoms with Crippen molar-refractivity contribution in [2.45, 2.75) is 12.3 Å². The number of carbonyl (C=O) groups excluding carboxylic acids is 1. The number of nitrogens with zero attached hydrogens (tertiary/aromatic N) is 2. The van der Waals surface area contributed by atoms with Crippen LogP contribution in [0.25, 0.3) is 22.2 Å². The van der Waals surface area contributed by atoms with E-state index in [-0.39, 0.29) is 5.78 Å². The minimum Gasteiger partial charge on any atom is -0.493 e. The standard InChI is InChI=1S/C20H16N2O5/c1-26-16-6-10-5-11(9-21-14(10)7-17(16)27-2)13-4-3-12-19(20(12)22-13)15(23)8-18(24)25/h3-7,9,19H,8H2,1-2H3,(H,24,25). The molecular weight excluding hydrogens is 348 g/mol. The molecule has 0 radical (unpaired) electrons. The van der Waals surface area contributed by atoms with Crippen LogP contribution in [0.2, 0.25) is 0 Å². The number of aromatic nitrogens is 2. The Hall–Kier alpha value is -3.48. The number of hydrogen-bond acceptors (Lipinski definition) is 6. The molecule has 1 unspecified atom stereocenters. The molecule has 7 heteroatoms. The van der Waals surface area contributed by atoms with Crippen molar-refractivity contribution < 1.29 is 24.2 Å². The molecule has 7 nitrogen and oxygen atoms in total. The SMILES string of the molecule is COc1cc2cc(-c3ccc4c(n3)C4C(=O)CC(=O)O)cnc2cc1OC. The fraction of sp³-hybridized carbons (Fsp3) is 0.200. The molecule has 0 fully saturated rings. The van der Waals surface area contributed by atoms with Gasteiger partial charge in [-0.05, 0) is 23.8 Å². The molecular formula is C20H16N2O5. The molecule has 2 aromatic heterocycles. The van der Waals surface area contributed by atoms with Crippen molar-refractivity contribution in [3.8, 4) is 22.8 Å². The van der Waals surface area contributed by atoms with Crippen LogP contribution in [0.3, 0.4) is 0 Å². The third-order valence-electron chi connectivity index (χ3n) is 4.59. The maximum absolute atomic E-state index is 12.0. The van der Waals surface area contributed by atoms with E-state index >= 15 is 0 Å². The first-order chi connectivity index (χ1) is 13.0. The van der Waals surface area contributed by atoms with Gasteiger partial charge in [0.2, 0.25) is 0 Å². The van der Waals surface area contributed by atoms with Gasteiger partial charge in [0.25, 0.3) is 0 Å². The van der Waals surface area contributed by atoms with Crippen molar-refractivity contribution in [1.82, 2.24) is 9.97 Å². The van der Waals surface area contributed by atoms with Crippen LogP contribution in [0.1, 0.15) is 23.6 Å². The summed E-state index contributed by atoms with van der Waals surface area (Å²) in [7, 11) is 3.15. The summed E-state index contributed by atoms with van der Waals surface area (Å²) in [6.45, 7) is 0.